The summed E-state index contributed by atoms with van der Waals surface area (Å²) in [5, 5.41) is 0. The van der Waals surface area contributed by atoms with E-state index < -0.39 is 17.4 Å². The van der Waals surface area contributed by atoms with Gasteiger partial charge in [0.1, 0.15) is 13.2 Å². The predicted molar refractivity (Wildman–Crippen MR) is 136 cm³/mol. The quantitative estimate of drug-likeness (QED) is 0.116. The Bertz CT molecular complexity index is 995. The summed E-state index contributed by atoms with van der Waals surface area (Å²) in [6.45, 7) is 4.96. The van der Waals surface area contributed by atoms with E-state index >= 15 is 0 Å². The van der Waals surface area contributed by atoms with Gasteiger partial charge in [-0.3, -0.25) is 9.59 Å². The van der Waals surface area contributed by atoms with Crippen LogP contribution in [-0.2, 0) is 37.0 Å². The third-order valence-corrected chi connectivity index (χ3v) is 6.01. The minimum atomic E-state index is -1.39. The van der Waals surface area contributed by atoms with Crippen LogP contribution in [0.25, 0.3) is 0 Å². The van der Waals surface area contributed by atoms with Gasteiger partial charge in [0.25, 0.3) is 0 Å². The maximum absolute atomic E-state index is 13.4. The largest absolute Gasteiger partial charge is 0.501 e. The summed E-state index contributed by atoms with van der Waals surface area (Å²) < 4.78 is 16.7. The van der Waals surface area contributed by atoms with Crippen molar-refractivity contribution < 1.29 is 23.8 Å². The monoisotopic (exact) mass is 474 g/mol. The highest BCUT2D eigenvalue weighted by Crippen LogP contribution is 2.45. The number of carbonyl (C=O) groups is 2. The molecule has 2 aromatic carbocycles. The Balaban J connectivity index is 1.71. The fourth-order valence-corrected chi connectivity index (χ4v) is 3.97. The van der Waals surface area contributed by atoms with Gasteiger partial charge in [0.05, 0.1) is 12.9 Å². The Morgan fingerprint density at radius 1 is 0.857 bits per heavy atom. The van der Waals surface area contributed by atoms with Gasteiger partial charge in [-0.05, 0) is 49.0 Å². The molecule has 0 aliphatic heterocycles. The van der Waals surface area contributed by atoms with Crippen molar-refractivity contribution in [2.24, 2.45) is 5.41 Å². The summed E-state index contributed by atoms with van der Waals surface area (Å²) in [6.07, 6.45) is 9.86. The van der Waals surface area contributed by atoms with Crippen molar-refractivity contribution in [3.63, 3.8) is 0 Å². The van der Waals surface area contributed by atoms with Gasteiger partial charge >= 0.3 is 11.9 Å². The molecular formula is C30H34O5. The standard InChI is InChI=1S/C30H34O5/c1-3-4-18-33-19-12-11-17-27-21-30(20-24(27)2,28(31)34-22-25-13-7-5-8-14-25)29(32)35-23-26-15-9-6-10-16-26/h5-17,19H,3-4,18,20-23H2,1-2H3/b17-11+,19-12+. The second-order valence-corrected chi connectivity index (χ2v) is 8.78. The fraction of sp³-hybridized carbons (Fsp3) is 0.333. The highest BCUT2D eigenvalue weighted by atomic mass is 16.6. The van der Waals surface area contributed by atoms with Crippen LogP contribution in [0.3, 0.4) is 0 Å². The highest BCUT2D eigenvalue weighted by Gasteiger charge is 2.52. The number of ether oxygens (including phenoxy) is 3. The molecule has 0 spiro atoms. The van der Waals surface area contributed by atoms with E-state index in [1.807, 2.05) is 85.8 Å². The molecular weight excluding hydrogens is 440 g/mol. The number of hydrogen-bond acceptors (Lipinski definition) is 5. The molecule has 184 valence electrons. The number of allylic oxidation sites excluding steroid dienone is 5. The minimum absolute atomic E-state index is 0.107. The lowest BCUT2D eigenvalue weighted by molar-refractivity contribution is -0.173. The van der Waals surface area contributed by atoms with E-state index in [0.717, 1.165) is 35.1 Å². The van der Waals surface area contributed by atoms with Crippen LogP contribution < -0.4 is 0 Å². The summed E-state index contributed by atoms with van der Waals surface area (Å²) in [4.78, 5) is 26.7. The van der Waals surface area contributed by atoms with Crippen LogP contribution in [0.1, 0.15) is 50.7 Å². The van der Waals surface area contributed by atoms with Crippen molar-refractivity contribution in [3.8, 4) is 0 Å². The van der Waals surface area contributed by atoms with E-state index in [9.17, 15) is 9.59 Å². The van der Waals surface area contributed by atoms with Crippen molar-refractivity contribution in [1.82, 2.24) is 0 Å². The summed E-state index contributed by atoms with van der Waals surface area (Å²) in [7, 11) is 0. The van der Waals surface area contributed by atoms with Gasteiger partial charge in [-0.25, -0.2) is 0 Å². The normalized spacial score (nSPS) is 15.0. The molecule has 1 aliphatic carbocycles. The Morgan fingerprint density at radius 3 is 1.97 bits per heavy atom. The van der Waals surface area contributed by atoms with Crippen LogP contribution in [0.15, 0.2) is 96.3 Å². The van der Waals surface area contributed by atoms with Gasteiger partial charge in [0.15, 0.2) is 5.41 Å². The number of rotatable bonds is 12. The van der Waals surface area contributed by atoms with Gasteiger partial charge < -0.3 is 14.2 Å². The van der Waals surface area contributed by atoms with Crippen LogP contribution >= 0.6 is 0 Å². The molecule has 0 unspecified atom stereocenters. The highest BCUT2D eigenvalue weighted by molar-refractivity contribution is 6.01. The van der Waals surface area contributed by atoms with E-state index in [1.54, 1.807) is 6.26 Å². The molecule has 1 aliphatic rings. The molecule has 3 rings (SSSR count). The second-order valence-electron chi connectivity index (χ2n) is 8.78. The van der Waals surface area contributed by atoms with Gasteiger partial charge in [-0.1, -0.05) is 91.7 Å². The molecule has 5 heteroatoms. The molecule has 0 saturated carbocycles. The minimum Gasteiger partial charge on any atom is -0.501 e. The Hall–Kier alpha value is -3.60. The van der Waals surface area contributed by atoms with Crippen LogP contribution in [0.5, 0.6) is 0 Å². The summed E-state index contributed by atoms with van der Waals surface area (Å²) in [5.41, 5.74) is 2.23. The lowest BCUT2D eigenvalue weighted by atomic mass is 9.83. The first-order chi connectivity index (χ1) is 17.0. The molecule has 0 radical (unpaired) electrons. The molecule has 0 saturated heterocycles. The van der Waals surface area contributed by atoms with Crippen molar-refractivity contribution in [3.05, 3.63) is 107 Å². The fourth-order valence-electron chi connectivity index (χ4n) is 3.97. The van der Waals surface area contributed by atoms with Crippen molar-refractivity contribution in [2.45, 2.75) is 52.7 Å². The third-order valence-electron chi connectivity index (χ3n) is 6.01. The first-order valence-corrected chi connectivity index (χ1v) is 12.1. The molecule has 2 aromatic rings. The molecule has 5 nitrogen and oxygen atoms in total. The molecule has 0 atom stereocenters. The van der Waals surface area contributed by atoms with E-state index in [0.29, 0.717) is 6.61 Å². The van der Waals surface area contributed by atoms with Gasteiger partial charge in [0.2, 0.25) is 0 Å². The van der Waals surface area contributed by atoms with Gasteiger partial charge in [-0.15, -0.1) is 0 Å². The zero-order chi connectivity index (χ0) is 24.9. The van der Waals surface area contributed by atoms with Crippen LogP contribution in [0.4, 0.5) is 0 Å². The van der Waals surface area contributed by atoms with E-state index in [2.05, 4.69) is 6.92 Å². The van der Waals surface area contributed by atoms with Crippen LogP contribution in [-0.4, -0.2) is 18.5 Å². The number of benzene rings is 2. The molecule has 0 aromatic heterocycles. The maximum atomic E-state index is 13.4. The van der Waals surface area contributed by atoms with Gasteiger partial charge in [-0.2, -0.15) is 0 Å². The Labute approximate surface area is 208 Å². The average Bonchev–Trinajstić information content (AvgIpc) is 3.23. The molecule has 0 heterocycles. The lowest BCUT2D eigenvalue weighted by Gasteiger charge is -2.25. The summed E-state index contributed by atoms with van der Waals surface area (Å²) in [5.74, 6) is -1.11. The zero-order valence-electron chi connectivity index (χ0n) is 20.6. The Kier molecular flexibility index (Phi) is 9.91. The Morgan fingerprint density at radius 2 is 1.43 bits per heavy atom. The van der Waals surface area contributed by atoms with Crippen LogP contribution in [0, 0.1) is 5.41 Å². The molecule has 35 heavy (non-hydrogen) atoms. The SMILES string of the molecule is CCCCO/C=C/C=C/C1=C(C)CC(C(=O)OCc2ccccc2)(C(=O)OCc2ccccc2)C1. The van der Waals surface area contributed by atoms with E-state index in [1.165, 1.54) is 0 Å². The molecule has 0 N–H and O–H groups in total. The van der Waals surface area contributed by atoms with Crippen molar-refractivity contribution in [2.75, 3.05) is 6.61 Å². The maximum Gasteiger partial charge on any atom is 0.324 e. The van der Waals surface area contributed by atoms with E-state index in [-0.39, 0.29) is 26.1 Å². The molecule has 0 bridgehead atoms. The lowest BCUT2D eigenvalue weighted by Crippen LogP contribution is -2.40. The van der Waals surface area contributed by atoms with Crippen molar-refractivity contribution in [1.29, 1.82) is 0 Å². The van der Waals surface area contributed by atoms with Gasteiger partial charge in [0, 0.05) is 0 Å². The first-order valence-electron chi connectivity index (χ1n) is 12.1. The number of carbonyl (C=O) groups excluding carboxylic acids is 2. The molecule has 0 amide bonds. The number of unbranched alkanes of at least 4 members (excludes halogenated alkanes) is 1. The third kappa shape index (κ3) is 7.44. The predicted octanol–water partition coefficient (Wildman–Crippen LogP) is 6.46. The number of esters is 2. The van der Waals surface area contributed by atoms with E-state index in [4.69, 9.17) is 14.2 Å². The number of hydrogen-bond donors (Lipinski definition) is 0. The zero-order valence-corrected chi connectivity index (χ0v) is 20.6. The topological polar surface area (TPSA) is 61.8 Å². The summed E-state index contributed by atoms with van der Waals surface area (Å²) >= 11 is 0. The van der Waals surface area contributed by atoms with Crippen molar-refractivity contribution >= 4 is 11.9 Å². The smallest absolute Gasteiger partial charge is 0.324 e. The summed E-state index contributed by atoms with van der Waals surface area (Å²) in [6, 6.07) is 18.9. The average molecular weight is 475 g/mol. The first kappa shape index (κ1) is 26.0. The molecule has 0 fully saturated rings. The van der Waals surface area contributed by atoms with Crippen LogP contribution in [0.2, 0.25) is 0 Å². The second kappa shape index (κ2) is 13.3.